The van der Waals surface area contributed by atoms with Crippen molar-refractivity contribution in [3.8, 4) is 5.75 Å². The molecule has 110 valence electrons. The van der Waals surface area contributed by atoms with Gasteiger partial charge in [-0.15, -0.1) is 0 Å². The van der Waals surface area contributed by atoms with Crippen molar-refractivity contribution in [3.63, 3.8) is 0 Å². The molecule has 0 saturated heterocycles. The van der Waals surface area contributed by atoms with Gasteiger partial charge in [-0.3, -0.25) is 4.79 Å². The molecule has 0 atom stereocenters. The monoisotopic (exact) mass is 308 g/mol. The minimum atomic E-state index is -0.363. The second-order valence-corrected chi connectivity index (χ2v) is 4.74. The first kappa shape index (κ1) is 15.3. The Bertz CT molecular complexity index is 632. The van der Waals surface area contributed by atoms with Crippen LogP contribution in [0, 0.1) is 5.82 Å². The Hall–Kier alpha value is -2.11. The normalized spacial score (nSPS) is 10.2. The zero-order valence-electron chi connectivity index (χ0n) is 11.1. The summed E-state index contributed by atoms with van der Waals surface area (Å²) in [5, 5.41) is 3.15. The summed E-state index contributed by atoms with van der Waals surface area (Å²) in [6.07, 6.45) is 0. The van der Waals surface area contributed by atoms with E-state index in [-0.39, 0.29) is 24.9 Å². The van der Waals surface area contributed by atoms with Crippen molar-refractivity contribution >= 4 is 23.2 Å². The third-order valence-electron chi connectivity index (χ3n) is 2.73. The maximum atomic E-state index is 12.7. The Kier molecular flexibility index (Phi) is 5.14. The third kappa shape index (κ3) is 4.44. The van der Waals surface area contributed by atoms with Crippen LogP contribution in [-0.4, -0.2) is 12.5 Å². The molecule has 0 fully saturated rings. The highest BCUT2D eigenvalue weighted by molar-refractivity contribution is 6.30. The number of carbonyl (C=O) groups is 1. The minimum Gasteiger partial charge on any atom is -0.483 e. The molecule has 0 spiro atoms. The van der Waals surface area contributed by atoms with E-state index in [4.69, 9.17) is 22.1 Å². The van der Waals surface area contributed by atoms with E-state index in [1.807, 2.05) is 0 Å². The molecule has 0 aliphatic rings. The van der Waals surface area contributed by atoms with Gasteiger partial charge in [-0.2, -0.15) is 0 Å². The van der Waals surface area contributed by atoms with Gasteiger partial charge >= 0.3 is 0 Å². The van der Waals surface area contributed by atoms with Gasteiger partial charge < -0.3 is 15.8 Å². The second-order valence-electron chi connectivity index (χ2n) is 4.30. The van der Waals surface area contributed by atoms with Crippen LogP contribution in [0.25, 0.3) is 0 Å². The van der Waals surface area contributed by atoms with Crippen molar-refractivity contribution in [2.75, 3.05) is 11.9 Å². The number of nitrogens with two attached hydrogens (primary N) is 1. The van der Waals surface area contributed by atoms with Crippen molar-refractivity contribution in [3.05, 3.63) is 58.9 Å². The Morgan fingerprint density at radius 2 is 1.95 bits per heavy atom. The molecule has 0 bridgehead atoms. The molecule has 21 heavy (non-hydrogen) atoms. The average Bonchev–Trinajstić information content (AvgIpc) is 2.48. The lowest BCUT2D eigenvalue weighted by Crippen LogP contribution is -2.20. The SMILES string of the molecule is NCc1cc(Cl)ccc1OCC(=O)Nc1ccc(F)cc1. The van der Waals surface area contributed by atoms with Gasteiger partial charge in [0.2, 0.25) is 0 Å². The van der Waals surface area contributed by atoms with Crippen LogP contribution >= 0.6 is 11.6 Å². The van der Waals surface area contributed by atoms with E-state index >= 15 is 0 Å². The summed E-state index contributed by atoms with van der Waals surface area (Å²) < 4.78 is 18.2. The number of benzene rings is 2. The molecule has 2 aromatic rings. The summed E-state index contributed by atoms with van der Waals surface area (Å²) in [5.74, 6) is -0.200. The van der Waals surface area contributed by atoms with Crippen molar-refractivity contribution in [1.29, 1.82) is 0 Å². The highest BCUT2D eigenvalue weighted by Crippen LogP contribution is 2.22. The number of rotatable bonds is 5. The fourth-order valence-electron chi connectivity index (χ4n) is 1.72. The number of ether oxygens (including phenoxy) is 1. The number of nitrogens with one attached hydrogen (secondary N) is 1. The van der Waals surface area contributed by atoms with Gasteiger partial charge in [-0.05, 0) is 42.5 Å². The zero-order chi connectivity index (χ0) is 15.2. The molecule has 0 heterocycles. The van der Waals surface area contributed by atoms with Gasteiger partial charge in [0, 0.05) is 22.8 Å². The van der Waals surface area contributed by atoms with Crippen molar-refractivity contribution < 1.29 is 13.9 Å². The summed E-state index contributed by atoms with van der Waals surface area (Å²) in [6, 6.07) is 10.5. The van der Waals surface area contributed by atoms with E-state index in [2.05, 4.69) is 5.32 Å². The predicted molar refractivity (Wildman–Crippen MR) is 79.9 cm³/mol. The quantitative estimate of drug-likeness (QED) is 0.892. The summed E-state index contributed by atoms with van der Waals surface area (Å²) in [4.78, 5) is 11.8. The van der Waals surface area contributed by atoms with Gasteiger partial charge in [0.25, 0.3) is 5.91 Å². The maximum Gasteiger partial charge on any atom is 0.262 e. The van der Waals surface area contributed by atoms with Gasteiger partial charge in [-0.1, -0.05) is 11.6 Å². The van der Waals surface area contributed by atoms with Crippen LogP contribution in [-0.2, 0) is 11.3 Å². The second kappa shape index (κ2) is 7.06. The van der Waals surface area contributed by atoms with Crippen LogP contribution in [0.5, 0.6) is 5.75 Å². The smallest absolute Gasteiger partial charge is 0.262 e. The molecule has 0 aliphatic heterocycles. The van der Waals surface area contributed by atoms with Crippen LogP contribution in [0.2, 0.25) is 5.02 Å². The average molecular weight is 309 g/mol. The lowest BCUT2D eigenvalue weighted by Gasteiger charge is -2.11. The maximum absolute atomic E-state index is 12.7. The van der Waals surface area contributed by atoms with Gasteiger partial charge in [-0.25, -0.2) is 4.39 Å². The van der Waals surface area contributed by atoms with E-state index in [0.29, 0.717) is 16.5 Å². The van der Waals surface area contributed by atoms with Gasteiger partial charge in [0.1, 0.15) is 11.6 Å². The van der Waals surface area contributed by atoms with Crippen molar-refractivity contribution in [2.45, 2.75) is 6.54 Å². The molecule has 4 nitrogen and oxygen atoms in total. The molecule has 0 aliphatic carbocycles. The Labute approximate surface area is 126 Å². The first-order chi connectivity index (χ1) is 10.1. The van der Waals surface area contributed by atoms with E-state index in [9.17, 15) is 9.18 Å². The lowest BCUT2D eigenvalue weighted by atomic mass is 10.2. The predicted octanol–water partition coefficient (Wildman–Crippen LogP) is 2.96. The molecule has 6 heteroatoms. The molecule has 0 saturated carbocycles. The lowest BCUT2D eigenvalue weighted by molar-refractivity contribution is -0.118. The van der Waals surface area contributed by atoms with Gasteiger partial charge in [0.05, 0.1) is 0 Å². The molecule has 0 unspecified atom stereocenters. The van der Waals surface area contributed by atoms with Crippen LogP contribution in [0.15, 0.2) is 42.5 Å². The molecule has 2 rings (SSSR count). The van der Waals surface area contributed by atoms with Crippen LogP contribution < -0.4 is 15.8 Å². The Morgan fingerprint density at radius 1 is 1.24 bits per heavy atom. The molecular weight excluding hydrogens is 295 g/mol. The summed E-state index contributed by atoms with van der Waals surface area (Å²) >= 11 is 5.86. The standard InChI is InChI=1S/C15H14ClFN2O2/c16-11-1-6-14(10(7-11)8-18)21-9-15(20)19-13-4-2-12(17)3-5-13/h1-7H,8-9,18H2,(H,19,20). The van der Waals surface area contributed by atoms with Crippen molar-refractivity contribution in [1.82, 2.24) is 0 Å². The number of halogens is 2. The van der Waals surface area contributed by atoms with Crippen molar-refractivity contribution in [2.24, 2.45) is 5.73 Å². The molecule has 1 amide bonds. The molecule has 0 radical (unpaired) electrons. The fraction of sp³-hybridized carbons (Fsp3) is 0.133. The Morgan fingerprint density at radius 3 is 2.62 bits per heavy atom. The van der Waals surface area contributed by atoms with Gasteiger partial charge in [0.15, 0.2) is 6.61 Å². The van der Waals surface area contributed by atoms with Crippen LogP contribution in [0.3, 0.4) is 0 Å². The minimum absolute atomic E-state index is 0.175. The topological polar surface area (TPSA) is 64.3 Å². The fourth-order valence-corrected chi connectivity index (χ4v) is 1.92. The van der Waals surface area contributed by atoms with Crippen LogP contribution in [0.1, 0.15) is 5.56 Å². The summed E-state index contributed by atoms with van der Waals surface area (Å²) in [7, 11) is 0. The number of hydrogen-bond donors (Lipinski definition) is 2. The largest absolute Gasteiger partial charge is 0.483 e. The molecule has 0 aromatic heterocycles. The first-order valence-electron chi connectivity index (χ1n) is 6.25. The van der Waals surface area contributed by atoms with E-state index in [1.54, 1.807) is 18.2 Å². The first-order valence-corrected chi connectivity index (χ1v) is 6.63. The highest BCUT2D eigenvalue weighted by Gasteiger charge is 2.07. The van der Waals surface area contributed by atoms with E-state index < -0.39 is 0 Å². The van der Waals surface area contributed by atoms with Crippen LogP contribution in [0.4, 0.5) is 10.1 Å². The van der Waals surface area contributed by atoms with E-state index in [0.717, 1.165) is 5.56 Å². The number of hydrogen-bond acceptors (Lipinski definition) is 3. The molecular formula is C15H14ClFN2O2. The third-order valence-corrected chi connectivity index (χ3v) is 2.96. The molecule has 3 N–H and O–H groups in total. The Balaban J connectivity index is 1.93. The number of anilines is 1. The number of amides is 1. The van der Waals surface area contributed by atoms with E-state index in [1.165, 1.54) is 24.3 Å². The zero-order valence-corrected chi connectivity index (χ0v) is 11.9. The molecule has 2 aromatic carbocycles. The number of carbonyl (C=O) groups excluding carboxylic acids is 1. The summed E-state index contributed by atoms with van der Waals surface area (Å²) in [5.41, 5.74) is 6.81. The summed E-state index contributed by atoms with van der Waals surface area (Å²) in [6.45, 7) is 0.0848. The highest BCUT2D eigenvalue weighted by atomic mass is 35.5.